The second-order valence-electron chi connectivity index (χ2n) is 9.20. The molecule has 0 aliphatic carbocycles. The predicted octanol–water partition coefficient (Wildman–Crippen LogP) is 4.36. The number of ketones is 1. The van der Waals surface area contributed by atoms with Crippen molar-refractivity contribution in [2.45, 2.75) is 6.92 Å². The molecule has 2 aromatic carbocycles. The molecule has 38 heavy (non-hydrogen) atoms. The van der Waals surface area contributed by atoms with Crippen molar-refractivity contribution in [1.82, 2.24) is 14.9 Å². The van der Waals surface area contributed by atoms with Crippen molar-refractivity contribution in [1.29, 1.82) is 0 Å². The van der Waals surface area contributed by atoms with Gasteiger partial charge in [0.1, 0.15) is 0 Å². The van der Waals surface area contributed by atoms with Crippen LogP contribution in [0.1, 0.15) is 33.3 Å². The number of Topliss-reactive ketones (excluding diaryl/α,β-unsaturated/α-hetero) is 1. The van der Waals surface area contributed by atoms with Gasteiger partial charge in [0.2, 0.25) is 11.7 Å². The molecular weight excluding hydrogens is 480 g/mol. The molecule has 188 valence electrons. The smallest absolute Gasteiger partial charge is 0.254 e. The van der Waals surface area contributed by atoms with Crippen molar-refractivity contribution in [3.05, 3.63) is 95.6 Å². The maximum Gasteiger partial charge on any atom is 0.254 e. The van der Waals surface area contributed by atoms with E-state index < -0.39 is 0 Å². The van der Waals surface area contributed by atoms with Crippen molar-refractivity contribution >= 4 is 40.3 Å². The Kier molecular flexibility index (Phi) is 6.01. The van der Waals surface area contributed by atoms with Crippen LogP contribution >= 0.6 is 0 Å². The van der Waals surface area contributed by atoms with E-state index in [1.54, 1.807) is 53.7 Å². The van der Waals surface area contributed by atoms with Crippen LogP contribution in [0.25, 0.3) is 28.1 Å². The fraction of sp³-hybridized carbons (Fsp3) is 0.167. The first-order chi connectivity index (χ1) is 18.5. The number of aromatic nitrogens is 2. The first-order valence-electron chi connectivity index (χ1n) is 12.4. The Bertz CT molecular complexity index is 1620. The molecule has 0 bridgehead atoms. The molecular formula is C30H24N4O4. The van der Waals surface area contributed by atoms with Gasteiger partial charge in [0.05, 0.1) is 35.8 Å². The lowest BCUT2D eigenvalue weighted by atomic mass is 9.98. The Labute approximate surface area is 219 Å². The van der Waals surface area contributed by atoms with E-state index in [9.17, 15) is 14.4 Å². The molecule has 4 aromatic rings. The normalized spacial score (nSPS) is 16.2. The van der Waals surface area contributed by atoms with E-state index in [1.165, 1.54) is 11.8 Å². The molecule has 1 fully saturated rings. The van der Waals surface area contributed by atoms with E-state index in [2.05, 4.69) is 4.98 Å². The summed E-state index contributed by atoms with van der Waals surface area (Å²) in [6.45, 7) is 3.61. The van der Waals surface area contributed by atoms with Gasteiger partial charge in [-0.25, -0.2) is 4.98 Å². The van der Waals surface area contributed by atoms with Crippen LogP contribution in [0, 0.1) is 0 Å². The first-order valence-corrected chi connectivity index (χ1v) is 12.4. The number of allylic oxidation sites excluding steroid dienone is 1. The fourth-order valence-electron chi connectivity index (χ4n) is 5.01. The molecule has 8 heteroatoms. The van der Waals surface area contributed by atoms with Gasteiger partial charge in [-0.2, -0.15) is 0 Å². The van der Waals surface area contributed by atoms with Gasteiger partial charge in [-0.15, -0.1) is 0 Å². The fourth-order valence-corrected chi connectivity index (χ4v) is 5.01. The van der Waals surface area contributed by atoms with Crippen molar-refractivity contribution < 1.29 is 19.1 Å². The van der Waals surface area contributed by atoms with Gasteiger partial charge in [0.15, 0.2) is 0 Å². The third kappa shape index (κ3) is 4.14. The zero-order chi connectivity index (χ0) is 26.2. The predicted molar refractivity (Wildman–Crippen MR) is 144 cm³/mol. The summed E-state index contributed by atoms with van der Waals surface area (Å²) in [5.41, 5.74) is 4.82. The number of nitrogens with zero attached hydrogens (tertiary/aromatic N) is 4. The van der Waals surface area contributed by atoms with Gasteiger partial charge in [0, 0.05) is 48.9 Å². The first kappa shape index (κ1) is 23.7. The highest BCUT2D eigenvalue weighted by Gasteiger charge is 2.34. The van der Waals surface area contributed by atoms with Gasteiger partial charge in [0.25, 0.3) is 5.91 Å². The van der Waals surface area contributed by atoms with E-state index in [1.807, 2.05) is 30.3 Å². The molecule has 0 atom stereocenters. The third-order valence-corrected chi connectivity index (χ3v) is 6.83. The van der Waals surface area contributed by atoms with E-state index >= 15 is 0 Å². The number of amides is 2. The number of anilines is 1. The van der Waals surface area contributed by atoms with Gasteiger partial charge < -0.3 is 9.64 Å². The van der Waals surface area contributed by atoms with E-state index in [4.69, 9.17) is 9.72 Å². The number of carbonyl (C=O) groups is 3. The number of fused-ring (bicyclic) bond motifs is 2. The number of rotatable bonds is 3. The van der Waals surface area contributed by atoms with Gasteiger partial charge in [-0.3, -0.25) is 24.3 Å². The standard InChI is InChI=1S/C30H24N4O4/c1-19(35)34-27-5-3-2-4-23(27)29(36)28(34)18-22-17-24(20-8-10-31-11-9-20)25-16-21(6-7-26(25)32-22)30(37)33-12-14-38-15-13-33/h2-11,16-18H,12-15H2,1H3/b28-18-. The average molecular weight is 505 g/mol. The summed E-state index contributed by atoms with van der Waals surface area (Å²) in [7, 11) is 0. The lowest BCUT2D eigenvalue weighted by molar-refractivity contribution is -0.116. The summed E-state index contributed by atoms with van der Waals surface area (Å²) >= 11 is 0. The number of benzene rings is 2. The topological polar surface area (TPSA) is 92.7 Å². The maximum absolute atomic E-state index is 13.3. The quantitative estimate of drug-likeness (QED) is 0.385. The minimum atomic E-state index is -0.254. The molecule has 2 aromatic heterocycles. The molecule has 0 N–H and O–H groups in total. The van der Waals surface area contributed by atoms with Gasteiger partial charge in [-0.05, 0) is 65.7 Å². The van der Waals surface area contributed by atoms with E-state index in [0.29, 0.717) is 54.3 Å². The second kappa shape index (κ2) is 9.64. The monoisotopic (exact) mass is 504 g/mol. The molecule has 1 saturated heterocycles. The molecule has 0 saturated carbocycles. The van der Waals surface area contributed by atoms with Crippen LogP contribution < -0.4 is 4.90 Å². The number of ether oxygens (including phenoxy) is 1. The van der Waals surface area contributed by atoms with Crippen LogP contribution in [0.3, 0.4) is 0 Å². The molecule has 2 amide bonds. The second-order valence-corrected chi connectivity index (χ2v) is 9.20. The highest BCUT2D eigenvalue weighted by atomic mass is 16.5. The number of carbonyl (C=O) groups excluding carboxylic acids is 3. The van der Waals surface area contributed by atoms with Crippen molar-refractivity contribution in [3.63, 3.8) is 0 Å². The van der Waals surface area contributed by atoms with E-state index in [-0.39, 0.29) is 23.3 Å². The molecule has 2 aliphatic heterocycles. The Morgan fingerprint density at radius 2 is 1.71 bits per heavy atom. The zero-order valence-electron chi connectivity index (χ0n) is 20.8. The highest BCUT2D eigenvalue weighted by Crippen LogP contribution is 2.36. The number of hydrogen-bond acceptors (Lipinski definition) is 6. The minimum Gasteiger partial charge on any atom is -0.378 e. The molecule has 6 rings (SSSR count). The minimum absolute atomic E-state index is 0.0477. The van der Waals surface area contributed by atoms with Crippen LogP contribution in [0.5, 0.6) is 0 Å². The molecule has 0 radical (unpaired) electrons. The summed E-state index contributed by atoms with van der Waals surface area (Å²) in [5.74, 6) is -0.529. The number of pyridine rings is 2. The molecule has 2 aliphatic rings. The SMILES string of the molecule is CC(=O)N1/C(=C\c2cc(-c3ccncc3)c3cc(C(=O)N4CCOCC4)ccc3n2)C(=O)c2ccccc21. The number of morpholine rings is 1. The highest BCUT2D eigenvalue weighted by molar-refractivity contribution is 6.26. The Balaban J connectivity index is 1.49. The van der Waals surface area contributed by atoms with Crippen LogP contribution in [-0.2, 0) is 9.53 Å². The van der Waals surface area contributed by atoms with Crippen molar-refractivity contribution in [2.24, 2.45) is 0 Å². The van der Waals surface area contributed by atoms with Gasteiger partial charge in [-0.1, -0.05) is 12.1 Å². The molecule has 4 heterocycles. The molecule has 0 unspecified atom stereocenters. The van der Waals surface area contributed by atoms with Crippen LogP contribution in [0.2, 0.25) is 0 Å². The van der Waals surface area contributed by atoms with Gasteiger partial charge >= 0.3 is 0 Å². The Morgan fingerprint density at radius 3 is 2.47 bits per heavy atom. The van der Waals surface area contributed by atoms with Crippen molar-refractivity contribution in [2.75, 3.05) is 31.2 Å². The maximum atomic E-state index is 13.3. The lowest BCUT2D eigenvalue weighted by Gasteiger charge is -2.27. The third-order valence-electron chi connectivity index (χ3n) is 6.83. The Hall–Kier alpha value is -4.69. The average Bonchev–Trinajstić information content (AvgIpc) is 3.24. The molecule has 0 spiro atoms. The van der Waals surface area contributed by atoms with E-state index in [0.717, 1.165) is 16.5 Å². The summed E-state index contributed by atoms with van der Waals surface area (Å²) in [4.78, 5) is 51.2. The summed E-state index contributed by atoms with van der Waals surface area (Å²) < 4.78 is 5.39. The lowest BCUT2D eigenvalue weighted by Crippen LogP contribution is -2.40. The molecule has 8 nitrogen and oxygen atoms in total. The van der Waals surface area contributed by atoms with Crippen LogP contribution in [-0.4, -0.2) is 58.8 Å². The van der Waals surface area contributed by atoms with Crippen molar-refractivity contribution in [3.8, 4) is 11.1 Å². The number of hydrogen-bond donors (Lipinski definition) is 0. The summed E-state index contributed by atoms with van der Waals surface area (Å²) in [5, 5.41) is 0.807. The summed E-state index contributed by atoms with van der Waals surface area (Å²) in [6, 6.07) is 18.2. The Morgan fingerprint density at radius 1 is 0.947 bits per heavy atom. The van der Waals surface area contributed by atoms with Crippen LogP contribution in [0.4, 0.5) is 5.69 Å². The zero-order valence-corrected chi connectivity index (χ0v) is 20.8. The largest absolute Gasteiger partial charge is 0.378 e. The number of para-hydroxylation sites is 1. The summed E-state index contributed by atoms with van der Waals surface area (Å²) in [6.07, 6.45) is 5.06. The van der Waals surface area contributed by atoms with Crippen LogP contribution in [0.15, 0.2) is 78.8 Å².